The van der Waals surface area contributed by atoms with Crippen LogP contribution in [0.1, 0.15) is 33.6 Å². The fourth-order valence-electron chi connectivity index (χ4n) is 3.99. The average Bonchev–Trinajstić information content (AvgIpc) is 2.89. The van der Waals surface area contributed by atoms with Crippen LogP contribution in [0.25, 0.3) is 5.69 Å². The quantitative estimate of drug-likeness (QED) is 0.780. The minimum atomic E-state index is -0.197. The highest BCUT2D eigenvalue weighted by Gasteiger charge is 2.63. The molecular weight excluding hydrogens is 328 g/mol. The molecule has 0 aliphatic heterocycles. The van der Waals surface area contributed by atoms with Gasteiger partial charge >= 0.3 is 0 Å². The number of hydrogen-bond acceptors (Lipinski definition) is 4. The van der Waals surface area contributed by atoms with Crippen molar-refractivity contribution >= 4 is 23.4 Å². The Balaban J connectivity index is 1.51. The van der Waals surface area contributed by atoms with Crippen molar-refractivity contribution in [3.8, 4) is 5.69 Å². The highest BCUT2D eigenvalue weighted by Crippen LogP contribution is 2.68. The predicted octanol–water partition coefficient (Wildman–Crippen LogP) is 4.19. The molecule has 0 amide bonds. The van der Waals surface area contributed by atoms with Gasteiger partial charge in [-0.05, 0) is 54.4 Å². The number of alkyl halides is 1. The van der Waals surface area contributed by atoms with Gasteiger partial charge in [0, 0.05) is 5.25 Å². The van der Waals surface area contributed by atoms with Gasteiger partial charge in [0.25, 0.3) is 0 Å². The third-order valence-corrected chi connectivity index (χ3v) is 7.59. The van der Waals surface area contributed by atoms with E-state index in [4.69, 9.17) is 11.6 Å². The van der Waals surface area contributed by atoms with Crippen molar-refractivity contribution in [3.05, 3.63) is 30.3 Å². The first kappa shape index (κ1) is 15.5. The molecule has 4 atom stereocenters. The van der Waals surface area contributed by atoms with Gasteiger partial charge in [0.05, 0.1) is 10.6 Å². The molecule has 0 N–H and O–H groups in total. The molecule has 4 rings (SSSR count). The van der Waals surface area contributed by atoms with Crippen LogP contribution in [0.15, 0.2) is 35.5 Å². The van der Waals surface area contributed by atoms with Gasteiger partial charge in [-0.15, -0.1) is 26.6 Å². The van der Waals surface area contributed by atoms with Crippen LogP contribution >= 0.6 is 23.4 Å². The van der Waals surface area contributed by atoms with E-state index in [1.165, 1.54) is 0 Å². The number of aromatic nitrogens is 4. The van der Waals surface area contributed by atoms with Crippen LogP contribution in [-0.2, 0) is 0 Å². The molecule has 0 bridgehead atoms. The fraction of sp³-hybridized carbons (Fsp3) is 0.588. The van der Waals surface area contributed by atoms with E-state index in [1.54, 1.807) is 16.6 Å². The van der Waals surface area contributed by atoms with Crippen molar-refractivity contribution in [3.63, 3.8) is 0 Å². The second kappa shape index (κ2) is 5.21. The SMILES string of the molecule is CC1(C)[C@@H]2C[C@@H](Sc3nnn(-c4ccccc4)n3)[C@@](C)(Cl)C[C@H]21. The first-order valence-corrected chi connectivity index (χ1v) is 9.35. The molecule has 0 unspecified atom stereocenters. The zero-order valence-electron chi connectivity index (χ0n) is 13.6. The Bertz CT molecular complexity index is 712. The van der Waals surface area contributed by atoms with E-state index in [0.717, 1.165) is 30.4 Å². The molecule has 2 aliphatic carbocycles. The fourth-order valence-corrected chi connectivity index (χ4v) is 5.48. The zero-order chi connectivity index (χ0) is 16.2. The number of benzene rings is 1. The molecule has 0 spiro atoms. The molecule has 4 nitrogen and oxygen atoms in total. The molecule has 1 heterocycles. The lowest BCUT2D eigenvalue weighted by Crippen LogP contribution is -2.35. The first-order valence-electron chi connectivity index (χ1n) is 8.09. The number of rotatable bonds is 3. The molecule has 0 radical (unpaired) electrons. The topological polar surface area (TPSA) is 43.6 Å². The highest BCUT2D eigenvalue weighted by atomic mass is 35.5. The molecule has 6 heteroatoms. The number of tetrazole rings is 1. The van der Waals surface area contributed by atoms with E-state index in [0.29, 0.717) is 15.8 Å². The van der Waals surface area contributed by atoms with Crippen molar-refractivity contribution in [2.75, 3.05) is 0 Å². The summed E-state index contributed by atoms with van der Waals surface area (Å²) >= 11 is 8.54. The third-order valence-electron chi connectivity index (χ3n) is 5.68. The summed E-state index contributed by atoms with van der Waals surface area (Å²) in [6.07, 6.45) is 2.22. The largest absolute Gasteiger partial charge is 0.231 e. The normalized spacial score (nSPS) is 34.9. The molecular formula is C17H21ClN4S. The number of para-hydroxylation sites is 1. The number of halogens is 1. The molecule has 1 aromatic heterocycles. The number of hydrogen-bond donors (Lipinski definition) is 0. The van der Waals surface area contributed by atoms with E-state index in [9.17, 15) is 0 Å². The van der Waals surface area contributed by atoms with Gasteiger partial charge in [-0.2, -0.15) is 0 Å². The Labute approximate surface area is 146 Å². The van der Waals surface area contributed by atoms with Gasteiger partial charge in [0.2, 0.25) is 5.16 Å². The second-order valence-corrected chi connectivity index (χ2v) is 9.59. The van der Waals surface area contributed by atoms with Crippen LogP contribution in [0.4, 0.5) is 0 Å². The summed E-state index contributed by atoms with van der Waals surface area (Å²) in [4.78, 5) is 1.39. The van der Waals surface area contributed by atoms with Crippen LogP contribution in [0, 0.1) is 17.3 Å². The van der Waals surface area contributed by atoms with Gasteiger partial charge < -0.3 is 0 Å². The first-order chi connectivity index (χ1) is 10.9. The van der Waals surface area contributed by atoms with E-state index in [1.807, 2.05) is 30.3 Å². The summed E-state index contributed by atoms with van der Waals surface area (Å²) in [5.74, 6) is 1.56. The molecule has 23 heavy (non-hydrogen) atoms. The van der Waals surface area contributed by atoms with Gasteiger partial charge in [0.15, 0.2) is 0 Å². The lowest BCUT2D eigenvalue weighted by Gasteiger charge is -2.34. The standard InChI is InChI=1S/C17H21ClN4S/c1-16(2)12-9-14(17(3,18)10-13(12)16)23-15-19-21-22(20-15)11-7-5-4-6-8-11/h4-8,12-14H,9-10H2,1-3H3/t12-,13-,14-,17+/m1/s1. The molecule has 2 aliphatic rings. The summed E-state index contributed by atoms with van der Waals surface area (Å²) in [5.41, 5.74) is 1.37. The monoisotopic (exact) mass is 348 g/mol. The smallest absolute Gasteiger partial charge is 0.130 e. The molecule has 2 saturated carbocycles. The minimum Gasteiger partial charge on any atom is -0.130 e. The van der Waals surface area contributed by atoms with Crippen molar-refractivity contribution in [1.29, 1.82) is 0 Å². The Hall–Kier alpha value is -1.07. The molecule has 2 aromatic rings. The summed E-state index contributed by atoms with van der Waals surface area (Å²) in [7, 11) is 0. The number of thioether (sulfide) groups is 1. The van der Waals surface area contributed by atoms with E-state index >= 15 is 0 Å². The maximum Gasteiger partial charge on any atom is 0.231 e. The molecule has 1 aromatic carbocycles. The van der Waals surface area contributed by atoms with E-state index < -0.39 is 0 Å². The van der Waals surface area contributed by atoms with Crippen molar-refractivity contribution in [2.45, 2.75) is 48.9 Å². The van der Waals surface area contributed by atoms with Crippen molar-refractivity contribution in [1.82, 2.24) is 20.2 Å². The maximum atomic E-state index is 6.86. The summed E-state index contributed by atoms with van der Waals surface area (Å²) in [6.45, 7) is 6.90. The lowest BCUT2D eigenvalue weighted by molar-refractivity contribution is 0.406. The Kier molecular flexibility index (Phi) is 3.50. The van der Waals surface area contributed by atoms with Crippen molar-refractivity contribution < 1.29 is 0 Å². The zero-order valence-corrected chi connectivity index (χ0v) is 15.2. The van der Waals surface area contributed by atoms with E-state index in [-0.39, 0.29) is 4.87 Å². The van der Waals surface area contributed by atoms with E-state index in [2.05, 4.69) is 36.2 Å². The van der Waals surface area contributed by atoms with Crippen LogP contribution in [0.5, 0.6) is 0 Å². The highest BCUT2D eigenvalue weighted by molar-refractivity contribution is 7.99. The summed E-state index contributed by atoms with van der Waals surface area (Å²) in [6, 6.07) is 9.86. The van der Waals surface area contributed by atoms with Crippen molar-refractivity contribution in [2.24, 2.45) is 17.3 Å². The van der Waals surface area contributed by atoms with Gasteiger partial charge in [-0.1, -0.05) is 43.8 Å². The predicted molar refractivity (Wildman–Crippen MR) is 93.1 cm³/mol. The third kappa shape index (κ3) is 2.68. The van der Waals surface area contributed by atoms with Crippen LogP contribution in [0.3, 0.4) is 0 Å². The number of nitrogens with zero attached hydrogens (tertiary/aromatic N) is 4. The molecule has 2 fully saturated rings. The Morgan fingerprint density at radius 2 is 1.91 bits per heavy atom. The minimum absolute atomic E-state index is 0.197. The Morgan fingerprint density at radius 3 is 2.65 bits per heavy atom. The average molecular weight is 349 g/mol. The van der Waals surface area contributed by atoms with Crippen LogP contribution < -0.4 is 0 Å². The Morgan fingerprint density at radius 1 is 1.17 bits per heavy atom. The van der Waals surface area contributed by atoms with Crippen LogP contribution in [0.2, 0.25) is 0 Å². The van der Waals surface area contributed by atoms with Gasteiger partial charge in [0.1, 0.15) is 0 Å². The number of fused-ring (bicyclic) bond motifs is 1. The van der Waals surface area contributed by atoms with Crippen LogP contribution in [-0.4, -0.2) is 30.3 Å². The summed E-state index contributed by atoms with van der Waals surface area (Å²) < 4.78 is 0. The molecule has 122 valence electrons. The maximum absolute atomic E-state index is 6.86. The second-order valence-electron chi connectivity index (χ2n) is 7.56. The molecule has 0 saturated heterocycles. The van der Waals surface area contributed by atoms with Gasteiger partial charge in [-0.3, -0.25) is 0 Å². The lowest BCUT2D eigenvalue weighted by atomic mass is 9.89. The summed E-state index contributed by atoms with van der Waals surface area (Å²) in [5, 5.41) is 13.9. The van der Waals surface area contributed by atoms with Gasteiger partial charge in [-0.25, -0.2) is 0 Å².